The lowest BCUT2D eigenvalue weighted by Crippen LogP contribution is -2.57. The quantitative estimate of drug-likeness (QED) is 0.569. The number of aromatic nitrogens is 1. The van der Waals surface area contributed by atoms with Crippen molar-refractivity contribution in [2.45, 2.75) is 51.6 Å². The molecule has 3 N–H and O–H groups in total. The van der Waals surface area contributed by atoms with Gasteiger partial charge in [0.1, 0.15) is 5.01 Å². The highest BCUT2D eigenvalue weighted by Gasteiger charge is 2.59. The zero-order valence-electron chi connectivity index (χ0n) is 19.4. The minimum Gasteiger partial charge on any atom is -0.396 e. The van der Waals surface area contributed by atoms with E-state index in [1.54, 1.807) is 22.7 Å². The molecule has 0 unspecified atom stereocenters. The average Bonchev–Trinajstić information content (AvgIpc) is 3.42. The van der Waals surface area contributed by atoms with Crippen molar-refractivity contribution in [2.24, 2.45) is 16.7 Å². The molecule has 0 spiro atoms. The minimum atomic E-state index is -0.586. The highest BCUT2D eigenvalue weighted by atomic mass is 32.1. The number of hydrogen-bond acceptors (Lipinski definition) is 7. The molecule has 2 aromatic rings. The monoisotopic (exact) mass is 477 g/mol. The van der Waals surface area contributed by atoms with Gasteiger partial charge in [0.15, 0.2) is 0 Å². The van der Waals surface area contributed by atoms with E-state index in [0.717, 1.165) is 35.7 Å². The molecule has 0 aliphatic heterocycles. The van der Waals surface area contributed by atoms with Gasteiger partial charge in [0.2, 0.25) is 5.91 Å². The predicted molar refractivity (Wildman–Crippen MR) is 130 cm³/mol. The summed E-state index contributed by atoms with van der Waals surface area (Å²) >= 11 is 3.37. The van der Waals surface area contributed by atoms with Gasteiger partial charge in [0.05, 0.1) is 18.4 Å². The van der Waals surface area contributed by atoms with Crippen molar-refractivity contribution >= 4 is 28.6 Å². The van der Waals surface area contributed by atoms with Crippen LogP contribution >= 0.6 is 22.7 Å². The summed E-state index contributed by atoms with van der Waals surface area (Å²) in [5.41, 5.74) is 1.38. The van der Waals surface area contributed by atoms with Crippen LogP contribution in [0.5, 0.6) is 0 Å². The zero-order valence-corrected chi connectivity index (χ0v) is 21.1. The molecule has 0 radical (unpaired) electrons. The van der Waals surface area contributed by atoms with Gasteiger partial charge < -0.3 is 20.4 Å². The van der Waals surface area contributed by atoms with E-state index in [0.29, 0.717) is 19.4 Å². The van der Waals surface area contributed by atoms with E-state index in [9.17, 15) is 15.0 Å². The van der Waals surface area contributed by atoms with E-state index in [1.807, 2.05) is 21.0 Å². The normalized spacial score (nSPS) is 31.9. The van der Waals surface area contributed by atoms with Crippen LogP contribution in [0.2, 0.25) is 0 Å². The van der Waals surface area contributed by atoms with Crippen molar-refractivity contribution in [1.82, 2.24) is 15.2 Å². The maximum atomic E-state index is 13.0. The fourth-order valence-corrected chi connectivity index (χ4v) is 7.71. The highest BCUT2D eigenvalue weighted by molar-refractivity contribution is 7.15. The van der Waals surface area contributed by atoms with Crippen LogP contribution in [0.3, 0.4) is 0 Å². The van der Waals surface area contributed by atoms with E-state index in [1.165, 1.54) is 4.88 Å². The van der Waals surface area contributed by atoms with E-state index in [-0.39, 0.29) is 29.8 Å². The Hall–Kier alpha value is -1.32. The van der Waals surface area contributed by atoms with Crippen molar-refractivity contribution in [3.63, 3.8) is 0 Å². The molecule has 1 saturated carbocycles. The van der Waals surface area contributed by atoms with Crippen LogP contribution < -0.4 is 5.32 Å². The molecule has 0 bridgehead atoms. The number of nitrogens with one attached hydrogen (secondary N) is 1. The van der Waals surface area contributed by atoms with Crippen LogP contribution in [-0.4, -0.2) is 65.9 Å². The fourth-order valence-electron chi connectivity index (χ4n) is 5.83. The number of thiophene rings is 1. The number of carbonyl (C=O) groups excluding carboxylic acids is 1. The van der Waals surface area contributed by atoms with E-state index in [4.69, 9.17) is 4.98 Å². The predicted octanol–water partition coefficient (Wildman–Crippen LogP) is 3.36. The number of rotatable bonds is 7. The summed E-state index contributed by atoms with van der Waals surface area (Å²) < 4.78 is 0. The Bertz CT molecular complexity index is 944. The number of aliphatic hydroxyl groups is 2. The lowest BCUT2D eigenvalue weighted by atomic mass is 9.47. The zero-order chi connectivity index (χ0) is 23.1. The molecule has 2 aliphatic carbocycles. The van der Waals surface area contributed by atoms with Crippen LogP contribution in [-0.2, 0) is 11.2 Å². The second kappa shape index (κ2) is 9.14. The standard InChI is InChI=1S/C24H35N3O3S2/c1-23-7-5-19(29)24(2,14-28)18(23)12-17-21(26-22(32-17)15-6-10-31-13-15)16(23)11-20(30)25-8-9-27(3)4/h6,10,13,16,18-19,28-29H,5,7-9,11-12,14H2,1-4H3,(H,25,30)/t16-,18+,19-,23+,24+/m1/s1. The summed E-state index contributed by atoms with van der Waals surface area (Å²) in [7, 11) is 3.99. The summed E-state index contributed by atoms with van der Waals surface area (Å²) in [6.45, 7) is 5.63. The SMILES string of the molecule is CN(C)CCNC(=O)C[C@@H]1c2nc(-c3ccsc3)sc2C[C@@H]2[C@](C)(CO)[C@H](O)CC[C@]21C. The van der Waals surface area contributed by atoms with Gasteiger partial charge in [-0.25, -0.2) is 4.98 Å². The summed E-state index contributed by atoms with van der Waals surface area (Å²) in [4.78, 5) is 21.3. The van der Waals surface area contributed by atoms with Gasteiger partial charge in [-0.05, 0) is 56.1 Å². The van der Waals surface area contributed by atoms with Gasteiger partial charge in [-0.15, -0.1) is 11.3 Å². The molecule has 32 heavy (non-hydrogen) atoms. The fraction of sp³-hybridized carbons (Fsp3) is 0.667. The van der Waals surface area contributed by atoms with Crippen LogP contribution in [0.4, 0.5) is 0 Å². The van der Waals surface area contributed by atoms with E-state index < -0.39 is 11.5 Å². The smallest absolute Gasteiger partial charge is 0.220 e. The average molecular weight is 478 g/mol. The van der Waals surface area contributed by atoms with Crippen molar-refractivity contribution in [1.29, 1.82) is 0 Å². The van der Waals surface area contributed by atoms with Crippen LogP contribution in [0.25, 0.3) is 10.6 Å². The molecule has 2 aromatic heterocycles. The van der Waals surface area contributed by atoms with Crippen molar-refractivity contribution in [2.75, 3.05) is 33.8 Å². The van der Waals surface area contributed by atoms with Crippen LogP contribution in [0, 0.1) is 16.7 Å². The third kappa shape index (κ3) is 4.16. The van der Waals surface area contributed by atoms with Gasteiger partial charge in [-0.2, -0.15) is 11.3 Å². The van der Waals surface area contributed by atoms with Crippen LogP contribution in [0.1, 0.15) is 49.6 Å². The Morgan fingerprint density at radius 2 is 2.16 bits per heavy atom. The first-order valence-corrected chi connectivity index (χ1v) is 13.2. The number of nitrogens with zero attached hydrogens (tertiary/aromatic N) is 2. The first kappa shape index (κ1) is 23.8. The number of hydrogen-bond donors (Lipinski definition) is 3. The third-order valence-electron chi connectivity index (χ3n) is 7.93. The van der Waals surface area contributed by atoms with E-state index in [2.05, 4.69) is 34.0 Å². The molecule has 0 saturated heterocycles. The molecule has 0 aromatic carbocycles. The lowest BCUT2D eigenvalue weighted by molar-refractivity contribution is -0.144. The summed E-state index contributed by atoms with van der Waals surface area (Å²) in [5.74, 6) is 0.107. The van der Waals surface area contributed by atoms with Gasteiger partial charge in [-0.1, -0.05) is 13.8 Å². The Kier molecular flexibility index (Phi) is 6.81. The summed E-state index contributed by atoms with van der Waals surface area (Å²) in [6, 6.07) is 2.09. The molecular weight excluding hydrogens is 442 g/mol. The van der Waals surface area contributed by atoms with Crippen molar-refractivity contribution in [3.8, 4) is 10.6 Å². The highest BCUT2D eigenvalue weighted by Crippen LogP contribution is 2.62. The number of thiazole rings is 1. The second-order valence-corrected chi connectivity index (χ2v) is 12.1. The van der Waals surface area contributed by atoms with Crippen LogP contribution in [0.15, 0.2) is 16.8 Å². The maximum Gasteiger partial charge on any atom is 0.220 e. The number of carbonyl (C=O) groups is 1. The summed E-state index contributed by atoms with van der Waals surface area (Å²) in [5, 5.41) is 29.5. The van der Waals surface area contributed by atoms with Gasteiger partial charge in [-0.3, -0.25) is 4.79 Å². The molecule has 1 fully saturated rings. The largest absolute Gasteiger partial charge is 0.396 e. The Morgan fingerprint density at radius 3 is 2.81 bits per heavy atom. The molecule has 4 rings (SSSR count). The summed E-state index contributed by atoms with van der Waals surface area (Å²) in [6.07, 6.45) is 2.11. The Morgan fingerprint density at radius 1 is 1.38 bits per heavy atom. The molecule has 2 aliphatic rings. The topological polar surface area (TPSA) is 85.7 Å². The Labute approximate surface area is 198 Å². The number of likely N-dealkylation sites (N-methyl/N-ethyl adjacent to an activating group) is 1. The molecule has 1 amide bonds. The number of fused-ring (bicyclic) bond motifs is 2. The van der Waals surface area contributed by atoms with Crippen molar-refractivity contribution < 1.29 is 15.0 Å². The molecule has 176 valence electrons. The molecule has 5 atom stereocenters. The molecule has 2 heterocycles. The Balaban J connectivity index is 1.71. The van der Waals surface area contributed by atoms with E-state index >= 15 is 0 Å². The third-order valence-corrected chi connectivity index (χ3v) is 9.76. The number of aliphatic hydroxyl groups excluding tert-OH is 2. The minimum absolute atomic E-state index is 0.0300. The van der Waals surface area contributed by atoms with Crippen molar-refractivity contribution in [3.05, 3.63) is 27.4 Å². The molecule has 8 heteroatoms. The number of amides is 1. The first-order chi connectivity index (χ1) is 15.2. The molecule has 6 nitrogen and oxygen atoms in total. The second-order valence-electron chi connectivity index (χ2n) is 10.2. The van der Waals surface area contributed by atoms with Gasteiger partial charge in [0.25, 0.3) is 0 Å². The lowest BCUT2D eigenvalue weighted by Gasteiger charge is -2.58. The van der Waals surface area contributed by atoms with Gasteiger partial charge >= 0.3 is 0 Å². The maximum absolute atomic E-state index is 13.0. The van der Waals surface area contributed by atoms with Gasteiger partial charge in [0, 0.05) is 46.7 Å². The first-order valence-electron chi connectivity index (χ1n) is 11.4. The molecular formula is C24H35N3O3S2.